The minimum Gasteiger partial charge on any atom is -0.480 e. The molecule has 1 aliphatic rings. The van der Waals surface area contributed by atoms with E-state index in [1.807, 2.05) is 6.26 Å². The highest BCUT2D eigenvalue weighted by Gasteiger charge is 2.30. The summed E-state index contributed by atoms with van der Waals surface area (Å²) in [4.78, 5) is 59.0. The largest absolute Gasteiger partial charge is 0.480 e. The molecule has 1 fully saturated rings. The van der Waals surface area contributed by atoms with Gasteiger partial charge < -0.3 is 32.1 Å². The topological polar surface area (TPSA) is 180 Å². The number of aliphatic carboxylic acids is 1. The lowest BCUT2D eigenvalue weighted by atomic mass is 10.1. The first kappa shape index (κ1) is 23.7. The molecule has 0 radical (unpaired) electrons. The van der Waals surface area contributed by atoms with Crippen LogP contribution in [0.2, 0.25) is 0 Å². The summed E-state index contributed by atoms with van der Waals surface area (Å²) in [6, 6.07) is -2.68. The van der Waals surface area contributed by atoms with Crippen molar-refractivity contribution in [2.24, 2.45) is 5.73 Å². The Hall–Kier alpha value is -2.34. The van der Waals surface area contributed by atoms with E-state index in [-0.39, 0.29) is 6.42 Å². The molecule has 4 amide bonds. The van der Waals surface area contributed by atoms with Gasteiger partial charge >= 0.3 is 5.97 Å². The first-order valence-electron chi connectivity index (χ1n) is 8.85. The van der Waals surface area contributed by atoms with E-state index in [0.29, 0.717) is 18.7 Å². The van der Waals surface area contributed by atoms with Crippen molar-refractivity contribution in [1.82, 2.24) is 21.3 Å². The van der Waals surface area contributed by atoms with Gasteiger partial charge in [-0.05, 0) is 37.8 Å². The van der Waals surface area contributed by atoms with E-state index < -0.39 is 60.7 Å². The predicted octanol–water partition coefficient (Wildman–Crippen LogP) is -2.46. The molecule has 1 saturated heterocycles. The average Bonchev–Trinajstić information content (AvgIpc) is 3.16. The Morgan fingerprint density at radius 1 is 1.18 bits per heavy atom. The SMILES string of the molecule is CSCCC(NC(=O)C(CC(N)=O)NC(=O)C1CCCN1)C(=O)NCC(=O)O. The Balaban J connectivity index is 2.78. The summed E-state index contributed by atoms with van der Waals surface area (Å²) in [7, 11) is 0. The number of rotatable bonds is 12. The van der Waals surface area contributed by atoms with Crippen LogP contribution in [0.1, 0.15) is 25.7 Å². The third-order valence-electron chi connectivity index (χ3n) is 4.07. The van der Waals surface area contributed by atoms with Gasteiger partial charge in [-0.25, -0.2) is 0 Å². The molecule has 28 heavy (non-hydrogen) atoms. The molecule has 158 valence electrons. The van der Waals surface area contributed by atoms with E-state index in [1.54, 1.807) is 0 Å². The maximum atomic E-state index is 12.6. The number of carboxylic acid groups (broad SMARTS) is 1. The van der Waals surface area contributed by atoms with E-state index in [4.69, 9.17) is 10.8 Å². The maximum Gasteiger partial charge on any atom is 0.322 e. The maximum absolute atomic E-state index is 12.6. The molecule has 0 aromatic heterocycles. The molecule has 7 N–H and O–H groups in total. The zero-order valence-corrected chi connectivity index (χ0v) is 16.5. The van der Waals surface area contributed by atoms with Crippen LogP contribution in [0.25, 0.3) is 0 Å². The van der Waals surface area contributed by atoms with E-state index in [1.165, 1.54) is 11.8 Å². The summed E-state index contributed by atoms with van der Waals surface area (Å²) >= 11 is 1.45. The molecule has 12 heteroatoms. The summed E-state index contributed by atoms with van der Waals surface area (Å²) in [5.41, 5.74) is 5.18. The molecular weight excluding hydrogens is 390 g/mol. The van der Waals surface area contributed by atoms with Gasteiger partial charge in [-0.15, -0.1) is 0 Å². The number of thioether (sulfide) groups is 1. The van der Waals surface area contributed by atoms with Crippen LogP contribution in [0.3, 0.4) is 0 Å². The van der Waals surface area contributed by atoms with Crippen LogP contribution in [0.15, 0.2) is 0 Å². The lowest BCUT2D eigenvalue weighted by Crippen LogP contribution is -2.56. The highest BCUT2D eigenvalue weighted by molar-refractivity contribution is 7.98. The van der Waals surface area contributed by atoms with Crippen LogP contribution in [0.5, 0.6) is 0 Å². The lowest BCUT2D eigenvalue weighted by Gasteiger charge is -2.23. The van der Waals surface area contributed by atoms with Crippen molar-refractivity contribution in [1.29, 1.82) is 0 Å². The fraction of sp³-hybridized carbons (Fsp3) is 0.688. The number of carboxylic acids is 1. The second-order valence-corrected chi connectivity index (χ2v) is 7.32. The highest BCUT2D eigenvalue weighted by atomic mass is 32.2. The molecule has 0 aromatic carbocycles. The quantitative estimate of drug-likeness (QED) is 0.202. The van der Waals surface area contributed by atoms with Crippen molar-refractivity contribution in [3.8, 4) is 0 Å². The second-order valence-electron chi connectivity index (χ2n) is 6.33. The molecule has 3 atom stereocenters. The molecule has 1 rings (SSSR count). The highest BCUT2D eigenvalue weighted by Crippen LogP contribution is 2.07. The predicted molar refractivity (Wildman–Crippen MR) is 102 cm³/mol. The molecule has 1 aliphatic heterocycles. The monoisotopic (exact) mass is 417 g/mol. The second kappa shape index (κ2) is 12.2. The van der Waals surface area contributed by atoms with Gasteiger partial charge in [0.25, 0.3) is 0 Å². The first-order chi connectivity index (χ1) is 13.2. The minimum atomic E-state index is -1.23. The number of carbonyl (C=O) groups is 5. The fourth-order valence-corrected chi connectivity index (χ4v) is 3.13. The van der Waals surface area contributed by atoms with Gasteiger partial charge in [-0.1, -0.05) is 0 Å². The number of hydrogen-bond donors (Lipinski definition) is 6. The molecule has 0 spiro atoms. The minimum absolute atomic E-state index is 0.250. The number of primary amides is 1. The van der Waals surface area contributed by atoms with Crippen molar-refractivity contribution in [2.75, 3.05) is 25.1 Å². The van der Waals surface area contributed by atoms with Gasteiger partial charge in [0, 0.05) is 0 Å². The van der Waals surface area contributed by atoms with Gasteiger partial charge in [0.2, 0.25) is 23.6 Å². The van der Waals surface area contributed by atoms with Crippen LogP contribution >= 0.6 is 11.8 Å². The lowest BCUT2D eigenvalue weighted by molar-refractivity contribution is -0.138. The van der Waals surface area contributed by atoms with Gasteiger partial charge in [-0.3, -0.25) is 24.0 Å². The zero-order valence-electron chi connectivity index (χ0n) is 15.7. The van der Waals surface area contributed by atoms with Crippen LogP contribution in [0.4, 0.5) is 0 Å². The molecule has 1 heterocycles. The third kappa shape index (κ3) is 8.57. The zero-order chi connectivity index (χ0) is 21.1. The Morgan fingerprint density at radius 3 is 2.43 bits per heavy atom. The van der Waals surface area contributed by atoms with Crippen molar-refractivity contribution < 1.29 is 29.1 Å². The van der Waals surface area contributed by atoms with E-state index >= 15 is 0 Å². The summed E-state index contributed by atoms with van der Waals surface area (Å²) in [6.07, 6.45) is 3.09. The third-order valence-corrected chi connectivity index (χ3v) is 4.72. The summed E-state index contributed by atoms with van der Waals surface area (Å²) in [6.45, 7) is 0.102. The van der Waals surface area contributed by atoms with E-state index in [0.717, 1.165) is 6.42 Å². The Bertz CT molecular complexity index is 596. The van der Waals surface area contributed by atoms with Crippen LogP contribution in [-0.4, -0.2) is 77.9 Å². The molecule has 0 saturated carbocycles. The van der Waals surface area contributed by atoms with Gasteiger partial charge in [-0.2, -0.15) is 11.8 Å². The van der Waals surface area contributed by atoms with Crippen molar-refractivity contribution >= 4 is 41.4 Å². The van der Waals surface area contributed by atoms with Crippen molar-refractivity contribution in [3.05, 3.63) is 0 Å². The molecule has 0 aliphatic carbocycles. The molecule has 0 bridgehead atoms. The van der Waals surface area contributed by atoms with Crippen LogP contribution in [-0.2, 0) is 24.0 Å². The molecule has 3 unspecified atom stereocenters. The average molecular weight is 417 g/mol. The molecule has 0 aromatic rings. The van der Waals surface area contributed by atoms with Crippen molar-refractivity contribution in [2.45, 2.75) is 43.8 Å². The summed E-state index contributed by atoms with van der Waals surface area (Å²) in [5.74, 6) is -3.28. The Morgan fingerprint density at radius 2 is 1.89 bits per heavy atom. The van der Waals surface area contributed by atoms with Gasteiger partial charge in [0.15, 0.2) is 0 Å². The number of carbonyl (C=O) groups excluding carboxylic acids is 4. The summed E-state index contributed by atoms with van der Waals surface area (Å²) < 4.78 is 0. The van der Waals surface area contributed by atoms with Gasteiger partial charge in [0.05, 0.1) is 12.5 Å². The smallest absolute Gasteiger partial charge is 0.322 e. The number of nitrogens with one attached hydrogen (secondary N) is 4. The van der Waals surface area contributed by atoms with E-state index in [2.05, 4.69) is 21.3 Å². The standard InChI is InChI=1S/C16H27N5O6S/c1-28-6-4-10(14(25)19-8-13(23)24)20-16(27)11(7-12(17)22)21-15(26)9-3-2-5-18-9/h9-11,18H,2-8H2,1H3,(H2,17,22)(H,19,25)(H,20,27)(H,21,26)(H,23,24). The fourth-order valence-electron chi connectivity index (χ4n) is 2.65. The molecular formula is C16H27N5O6S. The van der Waals surface area contributed by atoms with Gasteiger partial charge in [0.1, 0.15) is 18.6 Å². The Labute approximate surface area is 166 Å². The Kier molecular flexibility index (Phi) is 10.3. The number of nitrogens with two attached hydrogens (primary N) is 1. The number of hydrogen-bond acceptors (Lipinski definition) is 7. The van der Waals surface area contributed by atoms with Crippen LogP contribution < -0.4 is 27.0 Å². The summed E-state index contributed by atoms with van der Waals surface area (Å²) in [5, 5.41) is 18.8. The first-order valence-corrected chi connectivity index (χ1v) is 10.2. The van der Waals surface area contributed by atoms with E-state index in [9.17, 15) is 24.0 Å². The number of amides is 4. The normalized spacial score (nSPS) is 18.0. The van der Waals surface area contributed by atoms with Crippen molar-refractivity contribution in [3.63, 3.8) is 0 Å². The molecule has 11 nitrogen and oxygen atoms in total. The van der Waals surface area contributed by atoms with Crippen LogP contribution in [0, 0.1) is 0 Å².